The molecule has 2 aromatic carbocycles. The number of carbonyl (C=O) groups is 2. The van der Waals surface area contributed by atoms with E-state index in [0.717, 1.165) is 29.8 Å². The minimum atomic E-state index is -0.109. The Labute approximate surface area is 164 Å². The van der Waals surface area contributed by atoms with Crippen LogP contribution in [0.3, 0.4) is 0 Å². The first-order chi connectivity index (χ1) is 13.1. The average Bonchev–Trinajstić information content (AvgIpc) is 3.13. The zero-order valence-electron chi connectivity index (χ0n) is 15.8. The van der Waals surface area contributed by atoms with Crippen LogP contribution >= 0.6 is 11.8 Å². The van der Waals surface area contributed by atoms with Crippen LogP contribution < -0.4 is 10.2 Å². The maximum absolute atomic E-state index is 12.3. The summed E-state index contributed by atoms with van der Waals surface area (Å²) in [5.41, 5.74) is 3.04. The van der Waals surface area contributed by atoms with Gasteiger partial charge in [0.2, 0.25) is 5.91 Å². The molecule has 1 fully saturated rings. The number of urea groups is 1. The van der Waals surface area contributed by atoms with Crippen LogP contribution in [0.2, 0.25) is 0 Å². The highest BCUT2D eigenvalue weighted by Crippen LogP contribution is 2.21. The van der Waals surface area contributed by atoms with Crippen LogP contribution in [0.1, 0.15) is 24.0 Å². The fraction of sp³-hybridized carbons (Fsp3) is 0.333. The van der Waals surface area contributed by atoms with Crippen LogP contribution in [0, 0.1) is 0 Å². The molecule has 3 amide bonds. The van der Waals surface area contributed by atoms with Gasteiger partial charge in [-0.05, 0) is 48.1 Å². The summed E-state index contributed by atoms with van der Waals surface area (Å²) in [6.45, 7) is 1.82. The van der Waals surface area contributed by atoms with E-state index < -0.39 is 0 Å². The van der Waals surface area contributed by atoms with Crippen molar-refractivity contribution in [3.05, 3.63) is 59.7 Å². The second kappa shape index (κ2) is 8.95. The van der Waals surface area contributed by atoms with E-state index in [0.29, 0.717) is 19.5 Å². The molecule has 0 aliphatic carbocycles. The Bertz CT molecular complexity index is 790. The first-order valence-corrected chi connectivity index (χ1v) is 10.3. The maximum atomic E-state index is 12.3. The number of hydrogen-bond donors (Lipinski definition) is 1. The molecule has 1 heterocycles. The molecule has 0 unspecified atom stereocenters. The number of nitrogens with zero attached hydrogens (tertiary/aromatic N) is 2. The highest BCUT2D eigenvalue weighted by atomic mass is 32.2. The first-order valence-electron chi connectivity index (χ1n) is 9.08. The molecule has 0 atom stereocenters. The van der Waals surface area contributed by atoms with E-state index in [1.165, 1.54) is 4.90 Å². The molecule has 0 bridgehead atoms. The summed E-state index contributed by atoms with van der Waals surface area (Å²) in [7, 11) is 1.79. The van der Waals surface area contributed by atoms with Crippen molar-refractivity contribution in [2.45, 2.75) is 30.8 Å². The van der Waals surface area contributed by atoms with Gasteiger partial charge in [-0.2, -0.15) is 0 Å². The minimum Gasteiger partial charge on any atom is -0.334 e. The standard InChI is InChI=1S/C21H25N3O2S/c1-23(15-17-7-11-19(27-2)12-8-17)21(26)22-14-16-5-9-18(10-6-16)24-13-3-4-20(24)25/h5-12H,3-4,13-15H2,1-2H3,(H,22,26). The lowest BCUT2D eigenvalue weighted by molar-refractivity contribution is -0.117. The molecule has 2 aromatic rings. The predicted octanol–water partition coefficient (Wildman–Crippen LogP) is 3.88. The smallest absolute Gasteiger partial charge is 0.317 e. The fourth-order valence-corrected chi connectivity index (χ4v) is 3.51. The molecule has 142 valence electrons. The highest BCUT2D eigenvalue weighted by Gasteiger charge is 2.21. The molecule has 3 rings (SSSR count). The van der Waals surface area contributed by atoms with Crippen LogP contribution in [-0.4, -0.2) is 36.7 Å². The number of anilines is 1. The Morgan fingerprint density at radius 2 is 1.78 bits per heavy atom. The molecular weight excluding hydrogens is 358 g/mol. The summed E-state index contributed by atoms with van der Waals surface area (Å²) >= 11 is 1.70. The van der Waals surface area contributed by atoms with Gasteiger partial charge in [0.1, 0.15) is 0 Å². The van der Waals surface area contributed by atoms with E-state index in [-0.39, 0.29) is 11.9 Å². The molecule has 0 spiro atoms. The quantitative estimate of drug-likeness (QED) is 0.770. The number of hydrogen-bond acceptors (Lipinski definition) is 3. The molecule has 1 aliphatic heterocycles. The topological polar surface area (TPSA) is 52.7 Å². The Balaban J connectivity index is 1.49. The van der Waals surface area contributed by atoms with Gasteiger partial charge in [-0.1, -0.05) is 24.3 Å². The number of nitrogens with one attached hydrogen (secondary N) is 1. The van der Waals surface area contributed by atoms with Crippen LogP contribution in [0.25, 0.3) is 0 Å². The Morgan fingerprint density at radius 3 is 2.37 bits per heavy atom. The van der Waals surface area contributed by atoms with Crippen LogP contribution in [0.4, 0.5) is 10.5 Å². The highest BCUT2D eigenvalue weighted by molar-refractivity contribution is 7.98. The van der Waals surface area contributed by atoms with Crippen LogP contribution in [0.5, 0.6) is 0 Å². The monoisotopic (exact) mass is 383 g/mol. The van der Waals surface area contributed by atoms with Crippen molar-refractivity contribution >= 4 is 29.4 Å². The molecular formula is C21H25N3O2S. The third kappa shape index (κ3) is 5.04. The predicted molar refractivity (Wildman–Crippen MR) is 110 cm³/mol. The van der Waals surface area contributed by atoms with Crippen LogP contribution in [0.15, 0.2) is 53.4 Å². The number of amides is 3. The lowest BCUT2D eigenvalue weighted by Gasteiger charge is -2.19. The zero-order chi connectivity index (χ0) is 19.2. The summed E-state index contributed by atoms with van der Waals surface area (Å²) in [6.07, 6.45) is 3.59. The van der Waals surface area contributed by atoms with Crippen molar-refractivity contribution in [2.24, 2.45) is 0 Å². The zero-order valence-corrected chi connectivity index (χ0v) is 16.6. The molecule has 0 radical (unpaired) electrons. The van der Waals surface area contributed by atoms with Gasteiger partial charge >= 0.3 is 6.03 Å². The third-order valence-corrected chi connectivity index (χ3v) is 5.43. The van der Waals surface area contributed by atoms with Gasteiger partial charge in [-0.15, -0.1) is 11.8 Å². The van der Waals surface area contributed by atoms with Gasteiger partial charge in [0.05, 0.1) is 0 Å². The number of rotatable bonds is 6. The van der Waals surface area contributed by atoms with Crippen molar-refractivity contribution in [1.29, 1.82) is 0 Å². The number of benzene rings is 2. The van der Waals surface area contributed by atoms with Crippen molar-refractivity contribution in [3.63, 3.8) is 0 Å². The molecule has 6 heteroatoms. The van der Waals surface area contributed by atoms with Crippen LogP contribution in [-0.2, 0) is 17.9 Å². The Morgan fingerprint density at radius 1 is 1.11 bits per heavy atom. The second-order valence-corrected chi connectivity index (χ2v) is 7.56. The lowest BCUT2D eigenvalue weighted by Crippen LogP contribution is -2.36. The fourth-order valence-electron chi connectivity index (χ4n) is 3.10. The maximum Gasteiger partial charge on any atom is 0.317 e. The van der Waals surface area contributed by atoms with E-state index in [1.54, 1.807) is 23.7 Å². The molecule has 1 aliphatic rings. The van der Waals surface area contributed by atoms with Gasteiger partial charge in [0.25, 0.3) is 0 Å². The van der Waals surface area contributed by atoms with Crippen molar-refractivity contribution in [1.82, 2.24) is 10.2 Å². The second-order valence-electron chi connectivity index (χ2n) is 6.68. The average molecular weight is 384 g/mol. The summed E-state index contributed by atoms with van der Waals surface area (Å²) in [5, 5.41) is 2.94. The lowest BCUT2D eigenvalue weighted by atomic mass is 10.2. The minimum absolute atomic E-state index is 0.109. The summed E-state index contributed by atoms with van der Waals surface area (Å²) in [4.78, 5) is 28.8. The van der Waals surface area contributed by atoms with Gasteiger partial charge < -0.3 is 15.1 Å². The summed E-state index contributed by atoms with van der Waals surface area (Å²) < 4.78 is 0. The van der Waals surface area contributed by atoms with Gasteiger partial charge in [0.15, 0.2) is 0 Å². The largest absolute Gasteiger partial charge is 0.334 e. The molecule has 0 saturated carbocycles. The van der Waals surface area contributed by atoms with E-state index in [4.69, 9.17) is 0 Å². The molecule has 1 N–H and O–H groups in total. The summed E-state index contributed by atoms with van der Waals surface area (Å²) in [6, 6.07) is 15.9. The normalized spacial score (nSPS) is 13.7. The van der Waals surface area contributed by atoms with E-state index in [9.17, 15) is 9.59 Å². The third-order valence-electron chi connectivity index (χ3n) is 4.69. The Kier molecular flexibility index (Phi) is 6.40. The SMILES string of the molecule is CSc1ccc(CN(C)C(=O)NCc2ccc(N3CCCC3=O)cc2)cc1. The van der Waals surface area contributed by atoms with E-state index >= 15 is 0 Å². The van der Waals surface area contributed by atoms with Crippen molar-refractivity contribution < 1.29 is 9.59 Å². The van der Waals surface area contributed by atoms with Crippen molar-refractivity contribution in [3.8, 4) is 0 Å². The van der Waals surface area contributed by atoms with Gasteiger partial charge in [-0.25, -0.2) is 4.79 Å². The van der Waals surface area contributed by atoms with Gasteiger partial charge in [-0.3, -0.25) is 4.79 Å². The summed E-state index contributed by atoms with van der Waals surface area (Å²) in [5.74, 6) is 0.184. The molecule has 27 heavy (non-hydrogen) atoms. The first kappa shape index (κ1) is 19.3. The molecule has 0 aromatic heterocycles. The number of thioether (sulfide) groups is 1. The molecule has 1 saturated heterocycles. The van der Waals surface area contributed by atoms with E-state index in [2.05, 4.69) is 17.4 Å². The Hall–Kier alpha value is -2.47. The molecule has 5 nitrogen and oxygen atoms in total. The van der Waals surface area contributed by atoms with E-state index in [1.807, 2.05) is 47.6 Å². The van der Waals surface area contributed by atoms with Crippen molar-refractivity contribution in [2.75, 3.05) is 24.7 Å². The van der Waals surface area contributed by atoms with Gasteiger partial charge in [0, 0.05) is 43.7 Å². The number of carbonyl (C=O) groups excluding carboxylic acids is 2.